The van der Waals surface area contributed by atoms with Gasteiger partial charge in [0, 0.05) is 38.1 Å². The molecule has 0 radical (unpaired) electrons. The number of aromatic nitrogens is 3. The van der Waals surface area contributed by atoms with E-state index < -0.39 is 9.84 Å². The van der Waals surface area contributed by atoms with Crippen molar-refractivity contribution >= 4 is 21.6 Å². The summed E-state index contributed by atoms with van der Waals surface area (Å²) in [5, 5.41) is 2.79. The van der Waals surface area contributed by atoms with Gasteiger partial charge in [-0.25, -0.2) is 18.4 Å². The first-order valence-electron chi connectivity index (χ1n) is 7.87. The van der Waals surface area contributed by atoms with E-state index >= 15 is 0 Å². The van der Waals surface area contributed by atoms with Crippen molar-refractivity contribution in [3.8, 4) is 0 Å². The molecule has 2 aromatic rings. The van der Waals surface area contributed by atoms with E-state index in [4.69, 9.17) is 0 Å². The van der Waals surface area contributed by atoms with Crippen LogP contribution in [0.25, 0.3) is 0 Å². The first-order chi connectivity index (χ1) is 11.9. The summed E-state index contributed by atoms with van der Waals surface area (Å²) in [5.41, 5.74) is 1.18. The fourth-order valence-corrected chi connectivity index (χ4v) is 4.48. The van der Waals surface area contributed by atoms with Crippen LogP contribution in [-0.2, 0) is 16.4 Å². The standard InChI is InChI=1S/C16H19N5O3S/c1-21(13-4-7-25(23,24)10-13)15-8-14(19-11-20-15)16(22)18-9-12-2-5-17-6-3-12/h2-3,5-6,8,11,13H,4,7,9-10H2,1H3,(H,18,22). The zero-order valence-corrected chi connectivity index (χ0v) is 14.6. The summed E-state index contributed by atoms with van der Waals surface area (Å²) in [6.07, 6.45) is 5.20. The number of sulfone groups is 1. The molecule has 2 aromatic heterocycles. The summed E-state index contributed by atoms with van der Waals surface area (Å²) in [4.78, 5) is 26.2. The van der Waals surface area contributed by atoms with Crippen molar-refractivity contribution in [3.63, 3.8) is 0 Å². The van der Waals surface area contributed by atoms with Crippen LogP contribution in [0.4, 0.5) is 5.82 Å². The Kier molecular flexibility index (Phi) is 4.93. The van der Waals surface area contributed by atoms with Crippen LogP contribution in [0.1, 0.15) is 22.5 Å². The smallest absolute Gasteiger partial charge is 0.270 e. The number of carbonyl (C=O) groups is 1. The molecule has 1 fully saturated rings. The second kappa shape index (κ2) is 7.14. The predicted molar refractivity (Wildman–Crippen MR) is 92.9 cm³/mol. The maximum absolute atomic E-state index is 12.3. The molecule has 1 saturated heterocycles. The highest BCUT2D eigenvalue weighted by molar-refractivity contribution is 7.91. The average Bonchev–Trinajstić information content (AvgIpc) is 3.00. The quantitative estimate of drug-likeness (QED) is 0.823. The largest absolute Gasteiger partial charge is 0.356 e. The molecule has 25 heavy (non-hydrogen) atoms. The molecular weight excluding hydrogens is 342 g/mol. The maximum Gasteiger partial charge on any atom is 0.270 e. The molecule has 1 aliphatic rings. The Bertz CT molecular complexity index is 857. The van der Waals surface area contributed by atoms with Gasteiger partial charge in [-0.2, -0.15) is 0 Å². The zero-order valence-electron chi connectivity index (χ0n) is 13.8. The van der Waals surface area contributed by atoms with E-state index in [0.717, 1.165) is 5.56 Å². The predicted octanol–water partition coefficient (Wildman–Crippen LogP) is 0.425. The molecule has 0 spiro atoms. The van der Waals surface area contributed by atoms with Gasteiger partial charge in [-0.3, -0.25) is 9.78 Å². The lowest BCUT2D eigenvalue weighted by Crippen LogP contribution is -2.33. The number of rotatable bonds is 5. The summed E-state index contributed by atoms with van der Waals surface area (Å²) < 4.78 is 23.3. The molecule has 132 valence electrons. The van der Waals surface area contributed by atoms with Crippen LogP contribution in [-0.4, -0.2) is 53.9 Å². The Morgan fingerprint density at radius 3 is 2.76 bits per heavy atom. The third-order valence-electron chi connectivity index (χ3n) is 4.21. The molecule has 1 N–H and O–H groups in total. The minimum atomic E-state index is -2.98. The highest BCUT2D eigenvalue weighted by atomic mass is 32.2. The molecular formula is C16H19N5O3S. The van der Waals surface area contributed by atoms with Crippen molar-refractivity contribution in [2.75, 3.05) is 23.5 Å². The Morgan fingerprint density at radius 1 is 1.32 bits per heavy atom. The first kappa shape index (κ1) is 17.3. The monoisotopic (exact) mass is 361 g/mol. The van der Waals surface area contributed by atoms with Crippen LogP contribution >= 0.6 is 0 Å². The summed E-state index contributed by atoms with van der Waals surface area (Å²) in [6, 6.07) is 5.08. The lowest BCUT2D eigenvalue weighted by atomic mass is 10.2. The van der Waals surface area contributed by atoms with Gasteiger partial charge in [-0.15, -0.1) is 0 Å². The van der Waals surface area contributed by atoms with E-state index in [1.807, 2.05) is 12.1 Å². The normalized spacial score (nSPS) is 18.7. The fourth-order valence-electron chi connectivity index (χ4n) is 2.71. The van der Waals surface area contributed by atoms with Gasteiger partial charge in [-0.1, -0.05) is 0 Å². The van der Waals surface area contributed by atoms with Gasteiger partial charge in [0.2, 0.25) is 0 Å². The third kappa shape index (κ3) is 4.30. The molecule has 1 amide bonds. The molecule has 3 rings (SSSR count). The Hall–Kier alpha value is -2.55. The molecule has 3 heterocycles. The number of nitrogens with one attached hydrogen (secondary N) is 1. The Balaban J connectivity index is 1.67. The molecule has 1 unspecified atom stereocenters. The van der Waals surface area contributed by atoms with Crippen molar-refractivity contribution in [2.24, 2.45) is 0 Å². The van der Waals surface area contributed by atoms with Crippen molar-refractivity contribution in [2.45, 2.75) is 19.0 Å². The number of amides is 1. The number of anilines is 1. The molecule has 9 heteroatoms. The maximum atomic E-state index is 12.3. The third-order valence-corrected chi connectivity index (χ3v) is 5.96. The van der Waals surface area contributed by atoms with Gasteiger partial charge >= 0.3 is 0 Å². The Morgan fingerprint density at radius 2 is 2.08 bits per heavy atom. The van der Waals surface area contributed by atoms with Crippen molar-refractivity contribution in [3.05, 3.63) is 48.2 Å². The summed E-state index contributed by atoms with van der Waals surface area (Å²) in [6.45, 7) is 0.372. The number of pyridine rings is 1. The van der Waals surface area contributed by atoms with E-state index in [1.165, 1.54) is 6.33 Å². The topological polar surface area (TPSA) is 105 Å². The van der Waals surface area contributed by atoms with E-state index in [0.29, 0.717) is 18.8 Å². The van der Waals surface area contributed by atoms with Crippen molar-refractivity contribution < 1.29 is 13.2 Å². The molecule has 0 saturated carbocycles. The number of carbonyl (C=O) groups excluding carboxylic acids is 1. The SMILES string of the molecule is CN(c1cc(C(=O)NCc2ccncc2)ncn1)C1CCS(=O)(=O)C1. The second-order valence-corrected chi connectivity index (χ2v) is 8.20. The van der Waals surface area contributed by atoms with Gasteiger partial charge in [0.1, 0.15) is 17.8 Å². The van der Waals surface area contributed by atoms with E-state index in [2.05, 4.69) is 20.3 Å². The molecule has 0 aromatic carbocycles. The molecule has 8 nitrogen and oxygen atoms in total. The van der Waals surface area contributed by atoms with Crippen LogP contribution < -0.4 is 10.2 Å². The lowest BCUT2D eigenvalue weighted by Gasteiger charge is -2.24. The molecule has 0 bridgehead atoms. The van der Waals surface area contributed by atoms with Crippen molar-refractivity contribution in [1.82, 2.24) is 20.3 Å². The zero-order chi connectivity index (χ0) is 17.9. The van der Waals surface area contributed by atoms with Crippen LogP contribution in [0.15, 0.2) is 36.9 Å². The number of hydrogen-bond donors (Lipinski definition) is 1. The first-order valence-corrected chi connectivity index (χ1v) is 9.69. The van der Waals surface area contributed by atoms with Crippen LogP contribution in [0, 0.1) is 0 Å². The van der Waals surface area contributed by atoms with Gasteiger partial charge in [0.25, 0.3) is 5.91 Å². The Labute approximate surface area is 146 Å². The van der Waals surface area contributed by atoms with E-state index in [1.54, 1.807) is 30.4 Å². The summed E-state index contributed by atoms with van der Waals surface area (Å²) >= 11 is 0. The van der Waals surface area contributed by atoms with Gasteiger partial charge < -0.3 is 10.2 Å². The molecule has 1 atom stereocenters. The minimum Gasteiger partial charge on any atom is -0.356 e. The molecule has 1 aliphatic heterocycles. The van der Waals surface area contributed by atoms with Crippen LogP contribution in [0.5, 0.6) is 0 Å². The van der Waals surface area contributed by atoms with Gasteiger partial charge in [-0.05, 0) is 24.1 Å². The average molecular weight is 361 g/mol. The number of hydrogen-bond acceptors (Lipinski definition) is 7. The minimum absolute atomic E-state index is 0.108. The van der Waals surface area contributed by atoms with E-state index in [-0.39, 0.29) is 29.1 Å². The van der Waals surface area contributed by atoms with Gasteiger partial charge in [0.15, 0.2) is 9.84 Å². The van der Waals surface area contributed by atoms with Crippen molar-refractivity contribution in [1.29, 1.82) is 0 Å². The van der Waals surface area contributed by atoms with Crippen LogP contribution in [0.3, 0.4) is 0 Å². The van der Waals surface area contributed by atoms with Gasteiger partial charge in [0.05, 0.1) is 11.5 Å². The molecule has 0 aliphatic carbocycles. The van der Waals surface area contributed by atoms with Crippen LogP contribution in [0.2, 0.25) is 0 Å². The summed E-state index contributed by atoms with van der Waals surface area (Å²) in [7, 11) is -1.20. The lowest BCUT2D eigenvalue weighted by molar-refractivity contribution is 0.0945. The fraction of sp³-hybridized carbons (Fsp3) is 0.375. The highest BCUT2D eigenvalue weighted by Crippen LogP contribution is 2.21. The second-order valence-electron chi connectivity index (χ2n) is 5.97. The highest BCUT2D eigenvalue weighted by Gasteiger charge is 2.31. The number of nitrogens with zero attached hydrogens (tertiary/aromatic N) is 4. The summed E-state index contributed by atoms with van der Waals surface area (Å²) in [5.74, 6) is 0.516. The van der Waals surface area contributed by atoms with E-state index in [9.17, 15) is 13.2 Å².